The van der Waals surface area contributed by atoms with Gasteiger partial charge in [0.1, 0.15) is 0 Å². The van der Waals surface area contributed by atoms with Crippen LogP contribution in [0.1, 0.15) is 49.9 Å². The van der Waals surface area contributed by atoms with Crippen LogP contribution in [0, 0.1) is 5.92 Å². The Labute approximate surface area is 155 Å². The molecule has 0 radical (unpaired) electrons. The maximum absolute atomic E-state index is 12.2. The zero-order valence-corrected chi connectivity index (χ0v) is 16.0. The van der Waals surface area contributed by atoms with Crippen molar-refractivity contribution in [2.45, 2.75) is 64.2 Å². The lowest BCUT2D eigenvalue weighted by Crippen LogP contribution is -2.42. The van der Waals surface area contributed by atoms with E-state index in [1.54, 1.807) is 0 Å². The fraction of sp³-hybridized carbons (Fsp3) is 0.778. The van der Waals surface area contributed by atoms with Gasteiger partial charge in [-0.25, -0.2) is 8.42 Å². The molecule has 1 N–H and O–H groups in total. The first-order valence-electron chi connectivity index (χ1n) is 9.78. The summed E-state index contributed by atoms with van der Waals surface area (Å²) < 4.78 is 25.1. The normalized spacial score (nSPS) is 26.5. The molecule has 3 heterocycles. The highest BCUT2D eigenvalue weighted by Crippen LogP contribution is 2.26. The molecule has 1 amide bonds. The second-order valence-corrected chi connectivity index (χ2v) is 10.2. The van der Waals surface area contributed by atoms with E-state index in [0.717, 1.165) is 25.3 Å². The number of rotatable bonds is 4. The first kappa shape index (κ1) is 18.0. The molecule has 0 bridgehead atoms. The van der Waals surface area contributed by atoms with Crippen LogP contribution in [0.2, 0.25) is 0 Å². The quantitative estimate of drug-likeness (QED) is 0.845. The average molecular weight is 381 g/mol. The maximum Gasteiger partial charge on any atom is 0.224 e. The monoisotopic (exact) mass is 380 g/mol. The molecule has 1 saturated heterocycles. The predicted octanol–water partition coefficient (Wildman–Crippen LogP) is 1.08. The van der Waals surface area contributed by atoms with Crippen LogP contribution >= 0.6 is 0 Å². The fourth-order valence-electron chi connectivity index (χ4n) is 4.51. The molecule has 1 aromatic heterocycles. The van der Waals surface area contributed by atoms with Gasteiger partial charge in [0, 0.05) is 19.1 Å². The summed E-state index contributed by atoms with van der Waals surface area (Å²) in [6.07, 6.45) is 7.10. The molecular weight excluding hydrogens is 352 g/mol. The molecule has 7 nitrogen and oxygen atoms in total. The van der Waals surface area contributed by atoms with Crippen LogP contribution in [0.25, 0.3) is 0 Å². The van der Waals surface area contributed by atoms with E-state index >= 15 is 0 Å². The highest BCUT2D eigenvalue weighted by Gasteiger charge is 2.33. The molecule has 1 aliphatic carbocycles. The van der Waals surface area contributed by atoms with Crippen LogP contribution in [0.4, 0.5) is 0 Å². The maximum atomic E-state index is 12.2. The van der Waals surface area contributed by atoms with Gasteiger partial charge in [0.05, 0.1) is 41.9 Å². The predicted molar refractivity (Wildman–Crippen MR) is 98.1 cm³/mol. The molecule has 1 aromatic rings. The number of carbonyl (C=O) groups excluding carboxylic acids is 1. The first-order chi connectivity index (χ1) is 12.5. The number of fused-ring (bicyclic) bond motifs is 1. The Morgan fingerprint density at radius 1 is 1.19 bits per heavy atom. The summed E-state index contributed by atoms with van der Waals surface area (Å²) >= 11 is 0. The van der Waals surface area contributed by atoms with Crippen molar-refractivity contribution in [2.75, 3.05) is 18.1 Å². The summed E-state index contributed by atoms with van der Waals surface area (Å²) in [5.41, 5.74) is 2.08. The van der Waals surface area contributed by atoms with Crippen LogP contribution in [-0.2, 0) is 34.3 Å². The van der Waals surface area contributed by atoms with E-state index < -0.39 is 15.8 Å². The van der Waals surface area contributed by atoms with Gasteiger partial charge in [-0.1, -0.05) is 19.3 Å². The molecule has 3 aliphatic rings. The van der Waals surface area contributed by atoms with Gasteiger partial charge in [-0.2, -0.15) is 5.10 Å². The van der Waals surface area contributed by atoms with Crippen molar-refractivity contribution < 1.29 is 13.2 Å². The minimum atomic E-state index is -3.03. The number of hydrogen-bond acceptors (Lipinski definition) is 5. The van der Waals surface area contributed by atoms with Gasteiger partial charge < -0.3 is 5.32 Å². The fourth-order valence-corrected chi connectivity index (χ4v) is 6.26. The summed E-state index contributed by atoms with van der Waals surface area (Å²) in [4.78, 5) is 14.8. The van der Waals surface area contributed by atoms with Crippen LogP contribution in [0.5, 0.6) is 0 Å². The topological polar surface area (TPSA) is 84.3 Å². The van der Waals surface area contributed by atoms with E-state index in [1.807, 2.05) is 0 Å². The van der Waals surface area contributed by atoms with Gasteiger partial charge in [0.2, 0.25) is 5.91 Å². The van der Waals surface area contributed by atoms with Crippen LogP contribution in [-0.4, -0.2) is 53.1 Å². The molecule has 2 fully saturated rings. The van der Waals surface area contributed by atoms with E-state index in [2.05, 4.69) is 26.1 Å². The highest BCUT2D eigenvalue weighted by atomic mass is 32.2. The number of amides is 1. The molecule has 1 saturated carbocycles. The average Bonchev–Trinajstić information content (AvgIpc) is 3.22. The van der Waals surface area contributed by atoms with Crippen molar-refractivity contribution in [3.8, 4) is 0 Å². The van der Waals surface area contributed by atoms with Gasteiger partial charge in [-0.3, -0.25) is 14.4 Å². The van der Waals surface area contributed by atoms with E-state index in [9.17, 15) is 13.2 Å². The third kappa shape index (κ3) is 3.96. The second-order valence-electron chi connectivity index (χ2n) is 7.93. The molecule has 8 heteroatoms. The van der Waals surface area contributed by atoms with Gasteiger partial charge in [-0.05, 0) is 25.3 Å². The second kappa shape index (κ2) is 7.31. The smallest absolute Gasteiger partial charge is 0.224 e. The molecule has 0 unspecified atom stereocenters. The van der Waals surface area contributed by atoms with E-state index in [-0.39, 0.29) is 17.4 Å². The number of sulfone groups is 1. The lowest BCUT2D eigenvalue weighted by Gasteiger charge is -2.36. The van der Waals surface area contributed by atoms with E-state index in [1.165, 1.54) is 37.8 Å². The number of carbonyl (C=O) groups is 1. The van der Waals surface area contributed by atoms with Crippen molar-refractivity contribution >= 4 is 15.7 Å². The minimum absolute atomic E-state index is 0.0190. The molecule has 144 valence electrons. The van der Waals surface area contributed by atoms with Crippen molar-refractivity contribution in [2.24, 2.45) is 5.92 Å². The number of aromatic nitrogens is 2. The summed E-state index contributed by atoms with van der Waals surface area (Å²) in [5, 5.41) is 7.48. The van der Waals surface area contributed by atoms with Crippen molar-refractivity contribution in [3.63, 3.8) is 0 Å². The van der Waals surface area contributed by atoms with Crippen molar-refractivity contribution in [1.82, 2.24) is 20.0 Å². The largest absolute Gasteiger partial charge is 0.350 e. The molecule has 0 aromatic carbocycles. The van der Waals surface area contributed by atoms with Crippen LogP contribution in [0.15, 0.2) is 6.07 Å². The van der Waals surface area contributed by atoms with Gasteiger partial charge in [-0.15, -0.1) is 0 Å². The molecule has 1 atom stereocenters. The van der Waals surface area contributed by atoms with Gasteiger partial charge in [0.25, 0.3) is 0 Å². The lowest BCUT2D eigenvalue weighted by molar-refractivity contribution is -0.124. The molecule has 2 aliphatic heterocycles. The van der Waals surface area contributed by atoms with Crippen LogP contribution in [0.3, 0.4) is 0 Å². The Morgan fingerprint density at radius 2 is 2.00 bits per heavy atom. The van der Waals surface area contributed by atoms with E-state index in [0.29, 0.717) is 19.0 Å². The van der Waals surface area contributed by atoms with Gasteiger partial charge >= 0.3 is 0 Å². The zero-order valence-electron chi connectivity index (χ0n) is 15.2. The van der Waals surface area contributed by atoms with Gasteiger partial charge in [0.15, 0.2) is 9.84 Å². The lowest BCUT2D eigenvalue weighted by atomic mass is 9.94. The number of hydrogen-bond donors (Lipinski definition) is 1. The van der Waals surface area contributed by atoms with Crippen LogP contribution < -0.4 is 5.32 Å². The summed E-state index contributed by atoms with van der Waals surface area (Å²) in [7, 11) is -3.03. The minimum Gasteiger partial charge on any atom is -0.350 e. The summed E-state index contributed by atoms with van der Waals surface area (Å²) in [5.74, 6) is -0.463. The Balaban J connectivity index is 1.32. The van der Waals surface area contributed by atoms with E-state index in [4.69, 9.17) is 0 Å². The highest BCUT2D eigenvalue weighted by molar-refractivity contribution is 7.91. The number of nitrogens with zero attached hydrogens (tertiary/aromatic N) is 3. The summed E-state index contributed by atoms with van der Waals surface area (Å²) in [6.45, 7) is 3.26. The summed E-state index contributed by atoms with van der Waals surface area (Å²) in [6, 6.07) is 2.79. The molecule has 0 spiro atoms. The Kier molecular flexibility index (Phi) is 5.05. The third-order valence-electron chi connectivity index (χ3n) is 6.02. The molecular formula is C18H28N4O3S. The Hall–Kier alpha value is -1.41. The molecule has 26 heavy (non-hydrogen) atoms. The third-order valence-corrected chi connectivity index (χ3v) is 7.78. The SMILES string of the molecule is O=C(NCc1cc2n(n1)CCN(C1CCCCC1)C2)[C@H]1CCS(=O)(=O)C1. The Morgan fingerprint density at radius 3 is 2.73 bits per heavy atom. The van der Waals surface area contributed by atoms with Crippen molar-refractivity contribution in [1.29, 1.82) is 0 Å². The zero-order chi connectivity index (χ0) is 18.1. The molecule has 4 rings (SSSR count). The standard InChI is InChI=1S/C18H28N4O3S/c23-18(14-6-9-26(24,25)13-14)19-11-15-10-17-12-21(7-8-22(17)20-15)16-4-2-1-3-5-16/h10,14,16H,1-9,11-13H2,(H,19,23)/t14-/m0/s1. The van der Waals surface area contributed by atoms with Crippen molar-refractivity contribution in [3.05, 3.63) is 17.5 Å². The Bertz CT molecular complexity index is 767. The first-order valence-corrected chi connectivity index (χ1v) is 11.6. The number of nitrogens with one attached hydrogen (secondary N) is 1.